The van der Waals surface area contributed by atoms with Gasteiger partial charge in [-0.25, -0.2) is 0 Å². The van der Waals surface area contributed by atoms with E-state index in [2.05, 4.69) is 4.74 Å². The minimum absolute atomic E-state index is 0.136. The van der Waals surface area contributed by atoms with Gasteiger partial charge in [-0.1, -0.05) is 0 Å². The molecule has 0 radical (unpaired) electrons. The Morgan fingerprint density at radius 3 is 2.39 bits per heavy atom. The first kappa shape index (κ1) is 12.8. The van der Waals surface area contributed by atoms with Crippen molar-refractivity contribution in [1.29, 1.82) is 0 Å². The molecule has 18 heavy (non-hydrogen) atoms. The second kappa shape index (κ2) is 5.81. The van der Waals surface area contributed by atoms with Crippen LogP contribution in [0.1, 0.15) is 6.42 Å². The first-order valence-corrected chi connectivity index (χ1v) is 6.55. The second-order valence-electron chi connectivity index (χ2n) is 4.96. The molecule has 0 spiro atoms. The molecule has 104 valence electrons. The van der Waals surface area contributed by atoms with E-state index >= 15 is 0 Å². The number of hydrogen-bond donors (Lipinski definition) is 1. The smallest absolute Gasteiger partial charge is 0.112 e. The summed E-state index contributed by atoms with van der Waals surface area (Å²) in [6.45, 7) is 4.00. The summed E-state index contributed by atoms with van der Waals surface area (Å²) in [7, 11) is 0. The average Bonchev–Trinajstić information content (AvgIpc) is 3.29. The maximum absolute atomic E-state index is 8.08. The molecule has 4 rings (SSSR count). The summed E-state index contributed by atoms with van der Waals surface area (Å²) in [5, 5.41) is 8.08. The van der Waals surface area contributed by atoms with Crippen LogP contribution >= 0.6 is 0 Å². The minimum Gasteiger partial charge on any atom is -0.394 e. The van der Waals surface area contributed by atoms with Crippen LogP contribution in [0.4, 0.5) is 0 Å². The Morgan fingerprint density at radius 1 is 1.00 bits per heavy atom. The van der Waals surface area contributed by atoms with Crippen molar-refractivity contribution in [2.24, 2.45) is 0 Å². The molecule has 0 aliphatic carbocycles. The highest BCUT2D eigenvalue weighted by molar-refractivity contribution is 4.90. The molecule has 0 aromatic heterocycles. The van der Waals surface area contributed by atoms with Crippen molar-refractivity contribution < 1.29 is 28.8 Å². The van der Waals surface area contributed by atoms with Crippen LogP contribution in [0.15, 0.2) is 0 Å². The molecule has 0 aromatic rings. The number of aliphatic hydroxyl groups is 1. The Balaban J connectivity index is 0.000000169. The predicted octanol–water partition coefficient (Wildman–Crippen LogP) is -0.664. The van der Waals surface area contributed by atoms with Crippen LogP contribution in [0.5, 0.6) is 0 Å². The van der Waals surface area contributed by atoms with Crippen LogP contribution in [0, 0.1) is 0 Å². The van der Waals surface area contributed by atoms with Gasteiger partial charge in [-0.05, 0) is 6.42 Å². The number of ether oxygens (including phenoxy) is 5. The van der Waals surface area contributed by atoms with Gasteiger partial charge in [0, 0.05) is 6.61 Å². The van der Waals surface area contributed by atoms with E-state index < -0.39 is 0 Å². The highest BCUT2D eigenvalue weighted by Crippen LogP contribution is 2.28. The molecule has 4 heterocycles. The quantitative estimate of drug-likeness (QED) is 0.676. The Kier molecular flexibility index (Phi) is 4.13. The van der Waals surface area contributed by atoms with Crippen molar-refractivity contribution in [3.8, 4) is 0 Å². The standard InChI is InChI=1S/C9H14O4.C3H6O2/c1-2-10-9-7(1)13-5-8(9)12-4-6-3-11-6;4-1-3-2-5-3/h6-9H,1-5H2;3-4H,1-2H2/t6?,7-,8?,9+;/m1./s1. The molecular formula is C12H20O6. The van der Waals surface area contributed by atoms with Gasteiger partial charge in [-0.3, -0.25) is 0 Å². The summed E-state index contributed by atoms with van der Waals surface area (Å²) in [6, 6.07) is 0. The highest BCUT2D eigenvalue weighted by Gasteiger charge is 2.43. The Labute approximate surface area is 106 Å². The Hall–Kier alpha value is -0.240. The lowest BCUT2D eigenvalue weighted by atomic mass is 10.1. The van der Waals surface area contributed by atoms with E-state index in [1.165, 1.54) is 0 Å². The molecule has 1 N–H and O–H groups in total. The van der Waals surface area contributed by atoms with E-state index in [0.717, 1.165) is 26.2 Å². The zero-order chi connectivity index (χ0) is 12.4. The lowest BCUT2D eigenvalue weighted by molar-refractivity contribution is -0.0350. The van der Waals surface area contributed by atoms with E-state index in [9.17, 15) is 0 Å². The van der Waals surface area contributed by atoms with Gasteiger partial charge in [0.25, 0.3) is 0 Å². The van der Waals surface area contributed by atoms with Crippen molar-refractivity contribution in [3.05, 3.63) is 0 Å². The van der Waals surface area contributed by atoms with Crippen molar-refractivity contribution in [2.45, 2.75) is 36.9 Å². The molecule has 0 saturated carbocycles. The van der Waals surface area contributed by atoms with Crippen molar-refractivity contribution >= 4 is 0 Å². The maximum atomic E-state index is 8.08. The molecule has 3 unspecified atom stereocenters. The third-order valence-electron chi connectivity index (χ3n) is 3.42. The number of fused-ring (bicyclic) bond motifs is 1. The molecule has 0 amide bonds. The van der Waals surface area contributed by atoms with Crippen LogP contribution in [0.2, 0.25) is 0 Å². The normalized spacial score (nSPS) is 44.2. The van der Waals surface area contributed by atoms with Gasteiger partial charge < -0.3 is 28.8 Å². The van der Waals surface area contributed by atoms with Gasteiger partial charge in [0.05, 0.1) is 39.1 Å². The third-order valence-corrected chi connectivity index (χ3v) is 3.42. The number of epoxide rings is 2. The highest BCUT2D eigenvalue weighted by atomic mass is 16.6. The van der Waals surface area contributed by atoms with Crippen LogP contribution in [0.25, 0.3) is 0 Å². The molecule has 6 nitrogen and oxygen atoms in total. The number of aliphatic hydroxyl groups excluding tert-OH is 1. The minimum atomic E-state index is 0.136. The average molecular weight is 260 g/mol. The monoisotopic (exact) mass is 260 g/mol. The Morgan fingerprint density at radius 2 is 1.78 bits per heavy atom. The van der Waals surface area contributed by atoms with Crippen LogP contribution in [-0.2, 0) is 23.7 Å². The first-order chi connectivity index (χ1) is 8.86. The predicted molar refractivity (Wildman–Crippen MR) is 60.4 cm³/mol. The largest absolute Gasteiger partial charge is 0.394 e. The van der Waals surface area contributed by atoms with Gasteiger partial charge in [0.1, 0.15) is 24.4 Å². The number of hydrogen-bond acceptors (Lipinski definition) is 6. The first-order valence-electron chi connectivity index (χ1n) is 6.55. The molecule has 0 bridgehead atoms. The van der Waals surface area contributed by atoms with Gasteiger partial charge in [-0.15, -0.1) is 0 Å². The van der Waals surface area contributed by atoms with E-state index in [-0.39, 0.29) is 31.0 Å². The van der Waals surface area contributed by atoms with Crippen molar-refractivity contribution in [2.75, 3.05) is 39.6 Å². The molecular weight excluding hydrogens is 240 g/mol. The van der Waals surface area contributed by atoms with E-state index in [4.69, 9.17) is 24.1 Å². The summed E-state index contributed by atoms with van der Waals surface area (Å²) in [5.41, 5.74) is 0. The molecule has 6 heteroatoms. The van der Waals surface area contributed by atoms with Gasteiger partial charge >= 0.3 is 0 Å². The van der Waals surface area contributed by atoms with Crippen LogP contribution < -0.4 is 0 Å². The van der Waals surface area contributed by atoms with Gasteiger partial charge in [0.15, 0.2) is 0 Å². The maximum Gasteiger partial charge on any atom is 0.112 e. The zero-order valence-corrected chi connectivity index (χ0v) is 10.3. The fourth-order valence-electron chi connectivity index (χ4n) is 2.14. The Bertz CT molecular complexity index is 265. The summed E-state index contributed by atoms with van der Waals surface area (Å²) in [4.78, 5) is 0. The third kappa shape index (κ3) is 3.40. The molecule has 4 saturated heterocycles. The van der Waals surface area contributed by atoms with Crippen LogP contribution in [0.3, 0.4) is 0 Å². The SMILES string of the molecule is C1C[C@H]2OCC(OCC3CO3)[C@H]2O1.OCC1CO1. The van der Waals surface area contributed by atoms with Crippen molar-refractivity contribution in [3.63, 3.8) is 0 Å². The van der Waals surface area contributed by atoms with Gasteiger partial charge in [0.2, 0.25) is 0 Å². The van der Waals surface area contributed by atoms with E-state index in [0.29, 0.717) is 19.3 Å². The summed E-state index contributed by atoms with van der Waals surface area (Å²) in [6.07, 6.45) is 2.14. The number of rotatable bonds is 4. The zero-order valence-electron chi connectivity index (χ0n) is 10.3. The van der Waals surface area contributed by atoms with E-state index in [1.54, 1.807) is 0 Å². The fourth-order valence-corrected chi connectivity index (χ4v) is 2.14. The lowest BCUT2D eigenvalue weighted by Gasteiger charge is -2.15. The summed E-state index contributed by atoms with van der Waals surface area (Å²) < 4.78 is 26.4. The summed E-state index contributed by atoms with van der Waals surface area (Å²) >= 11 is 0. The molecule has 5 atom stereocenters. The molecule has 4 aliphatic heterocycles. The molecule has 4 fully saturated rings. The summed E-state index contributed by atoms with van der Waals surface area (Å²) in [5.74, 6) is 0. The molecule has 0 aromatic carbocycles. The van der Waals surface area contributed by atoms with Gasteiger partial charge in [-0.2, -0.15) is 0 Å². The molecule has 4 aliphatic rings. The lowest BCUT2D eigenvalue weighted by Crippen LogP contribution is -2.31. The van der Waals surface area contributed by atoms with E-state index in [1.807, 2.05) is 0 Å². The fraction of sp³-hybridized carbons (Fsp3) is 1.00. The van der Waals surface area contributed by atoms with Crippen LogP contribution in [-0.4, -0.2) is 75.3 Å². The second-order valence-corrected chi connectivity index (χ2v) is 4.96. The topological polar surface area (TPSA) is 73.0 Å². The van der Waals surface area contributed by atoms with Crippen molar-refractivity contribution in [1.82, 2.24) is 0 Å².